The molecule has 74 heavy (non-hydrogen) atoms. The number of hydrogen-bond donors (Lipinski definition) is 4. The number of aliphatic hydroxyl groups excluding tert-OH is 2. The quantitative estimate of drug-likeness (QED) is 0.0383. The fourth-order valence-electron chi connectivity index (χ4n) is 7.99. The molecule has 6 heterocycles. The van der Waals surface area contributed by atoms with Crippen LogP contribution in [0.25, 0.3) is 66.9 Å². The van der Waals surface area contributed by atoms with E-state index in [0.717, 1.165) is 33.9 Å². The van der Waals surface area contributed by atoms with E-state index in [4.69, 9.17) is 57.1 Å². The van der Waals surface area contributed by atoms with E-state index in [1.54, 1.807) is 59.0 Å². The number of aromatic nitrogens is 10. The van der Waals surface area contributed by atoms with Crippen LogP contribution in [0.1, 0.15) is 20.7 Å². The van der Waals surface area contributed by atoms with Gasteiger partial charge in [-0.3, -0.25) is 19.0 Å². The van der Waals surface area contributed by atoms with Crippen LogP contribution >= 0.6 is 23.2 Å². The molecule has 4 N–H and O–H groups in total. The van der Waals surface area contributed by atoms with Crippen molar-refractivity contribution in [3.8, 4) is 22.8 Å². The molecule has 2 aromatic carbocycles. The van der Waals surface area contributed by atoms with E-state index in [2.05, 4.69) is 65.1 Å². The first-order valence-corrected chi connectivity index (χ1v) is 32.3. The van der Waals surface area contributed by atoms with Crippen molar-refractivity contribution in [2.45, 2.75) is 76.9 Å². The largest absolute Gasteiger partial charge is 0.394 e. The zero-order chi connectivity index (χ0) is 53.5. The van der Waals surface area contributed by atoms with E-state index in [-0.39, 0.29) is 44.2 Å². The Morgan fingerprint density at radius 1 is 0.649 bits per heavy atom. The van der Waals surface area contributed by atoms with Gasteiger partial charge in [0.15, 0.2) is 11.3 Å². The maximum absolute atomic E-state index is 13.4. The van der Waals surface area contributed by atoms with E-state index >= 15 is 0 Å². The van der Waals surface area contributed by atoms with E-state index < -0.39 is 28.1 Å². The maximum Gasteiger partial charge on any atom is 0.255 e. The Balaban J connectivity index is 0.000000217. The first-order valence-electron chi connectivity index (χ1n) is 24.2. The minimum absolute atomic E-state index is 0.219. The van der Waals surface area contributed by atoms with Crippen molar-refractivity contribution in [2.24, 2.45) is 14.1 Å². The molecule has 0 bridgehead atoms. The molecule has 0 aliphatic heterocycles. The number of hydrogen-bond acceptors (Lipinski definition) is 14. The van der Waals surface area contributed by atoms with Gasteiger partial charge in [-0.05, 0) is 48.5 Å². The molecule has 20 nitrogen and oxygen atoms in total. The van der Waals surface area contributed by atoms with Crippen molar-refractivity contribution >= 4 is 95.3 Å². The summed E-state index contributed by atoms with van der Waals surface area (Å²) < 4.78 is 29.4. The molecule has 2 amide bonds. The molecule has 24 heteroatoms. The lowest BCUT2D eigenvalue weighted by atomic mass is 10.1. The predicted octanol–water partition coefficient (Wildman–Crippen LogP) is 7.38. The second-order valence-corrected chi connectivity index (χ2v) is 32.6. The average molecular weight is 1090 g/mol. The Hall–Kier alpha value is -5.67. The summed E-state index contributed by atoms with van der Waals surface area (Å²) in [7, 11) is 4.37. The van der Waals surface area contributed by atoms with Crippen molar-refractivity contribution < 1.29 is 38.7 Å². The topological polar surface area (TPSA) is 233 Å². The van der Waals surface area contributed by atoms with Crippen LogP contribution in [0, 0.1) is 0 Å². The maximum atomic E-state index is 13.4. The van der Waals surface area contributed by atoms with Crippen LogP contribution in [-0.4, -0.2) is 153 Å². The number of nitrogens with zero attached hydrogens (tertiary/aromatic N) is 10. The minimum atomic E-state index is -1.25. The number of methoxy groups -OCH3 is 2. The normalized spacial score (nSPS) is 12.2. The average Bonchev–Trinajstić information content (AvgIpc) is 4.10. The number of aryl methyl sites for hydroxylation is 2. The second-order valence-electron chi connectivity index (χ2n) is 20.5. The number of halogens is 2. The summed E-state index contributed by atoms with van der Waals surface area (Å²) in [5.74, 6) is -0.767. The number of fused-ring (bicyclic) bond motifs is 4. The van der Waals surface area contributed by atoms with Crippen LogP contribution in [0.4, 0.5) is 0 Å². The molecular formula is C50H66Cl2N12O8Si2. The smallest absolute Gasteiger partial charge is 0.255 e. The second kappa shape index (κ2) is 24.3. The van der Waals surface area contributed by atoms with Crippen LogP contribution in [0.5, 0.6) is 0 Å². The third-order valence-corrected chi connectivity index (χ3v) is 15.9. The zero-order valence-corrected chi connectivity index (χ0v) is 47.1. The van der Waals surface area contributed by atoms with Crippen molar-refractivity contribution in [3.63, 3.8) is 0 Å². The van der Waals surface area contributed by atoms with Gasteiger partial charge in [-0.15, -0.1) is 0 Å². The van der Waals surface area contributed by atoms with Crippen LogP contribution in [-0.2, 0) is 46.5 Å². The summed E-state index contributed by atoms with van der Waals surface area (Å²) in [5, 5.41) is 36.7. The number of carbonyl (C=O) groups excluding carboxylic acids is 2. The summed E-state index contributed by atoms with van der Waals surface area (Å²) in [6, 6.07) is 12.0. The van der Waals surface area contributed by atoms with Gasteiger partial charge < -0.3 is 48.9 Å². The summed E-state index contributed by atoms with van der Waals surface area (Å²) in [6.45, 7) is 15.4. The molecule has 0 aliphatic carbocycles. The first-order chi connectivity index (χ1) is 35.2. The van der Waals surface area contributed by atoms with Crippen molar-refractivity contribution in [1.29, 1.82) is 0 Å². The third-order valence-electron chi connectivity index (χ3n) is 12.0. The van der Waals surface area contributed by atoms with E-state index in [1.807, 2.05) is 49.0 Å². The van der Waals surface area contributed by atoms with E-state index in [1.165, 1.54) is 0 Å². The highest BCUT2D eigenvalue weighted by Gasteiger charge is 2.25. The molecule has 0 spiro atoms. The van der Waals surface area contributed by atoms with Gasteiger partial charge in [0.1, 0.15) is 47.3 Å². The fraction of sp³-hybridized carbons (Fsp3) is 0.440. The van der Waals surface area contributed by atoms with Gasteiger partial charge in [-0.2, -0.15) is 10.2 Å². The number of nitrogens with one attached hydrogen (secondary N) is 2. The van der Waals surface area contributed by atoms with Gasteiger partial charge in [-0.25, -0.2) is 19.9 Å². The van der Waals surface area contributed by atoms with E-state index in [9.17, 15) is 19.8 Å². The Morgan fingerprint density at radius 2 is 1.05 bits per heavy atom. The third kappa shape index (κ3) is 13.6. The number of amides is 2. The molecule has 8 aromatic rings. The van der Waals surface area contributed by atoms with Gasteiger partial charge in [0.25, 0.3) is 11.8 Å². The summed E-state index contributed by atoms with van der Waals surface area (Å²) >= 11 is 12.4. The molecule has 0 atom stereocenters. The number of rotatable bonds is 22. The zero-order valence-electron chi connectivity index (χ0n) is 43.6. The Labute approximate surface area is 441 Å². The first kappa shape index (κ1) is 56.1. The van der Waals surface area contributed by atoms with Crippen LogP contribution in [0.15, 0.2) is 61.2 Å². The molecule has 0 fully saturated rings. The molecule has 0 saturated heterocycles. The molecular weight excluding hydrogens is 1020 g/mol. The Bertz CT molecular complexity index is 3250. The van der Waals surface area contributed by atoms with Crippen LogP contribution in [0.3, 0.4) is 0 Å². The SMILES string of the molecule is COCC(COC)NC(=O)c1cn(COCC[Si](C)(C)C)c2ncc(-c3nn(C)c4cc(Cl)ccc34)nc12.Cn1nc(-c2cnc3c(n2)c(C(=O)NC(CO)CO)cn3COCC[Si](C)(C)C)c2ccc(Cl)cc21. The standard InChI is InChI=1S/C26H35ClN6O4Si.C24H31ClN6O4Si/c1-32-22-11-17(27)7-8-19(22)23(31-32)21-12-28-25-24(30-21)20(26(34)29-18(14-35-2)15-36-3)13-33(25)16-37-9-10-38(4,5)6;1-30-20-9-15(25)5-6-17(20)21(29-30)19-10-26-23-22(28-19)18(24(34)27-16(12-32)13-33)11-31(23)14-35-7-8-36(2,3)4/h7-8,11-13,18H,9-10,14-16H2,1-6H3,(H,29,34);5-6,9-11,16,32-33H,7-8,12-14H2,1-4H3,(H,27,34). The summed E-state index contributed by atoms with van der Waals surface area (Å²) in [5.41, 5.74) is 6.62. The highest BCUT2D eigenvalue weighted by atomic mass is 35.5. The fourth-order valence-corrected chi connectivity index (χ4v) is 9.84. The molecule has 0 saturated carbocycles. The summed E-state index contributed by atoms with van der Waals surface area (Å²) in [4.78, 5) is 45.5. The highest BCUT2D eigenvalue weighted by Crippen LogP contribution is 2.32. The van der Waals surface area contributed by atoms with E-state index in [0.29, 0.717) is 87.1 Å². The number of carbonyl (C=O) groups is 2. The van der Waals surface area contributed by atoms with Crippen LogP contribution < -0.4 is 10.6 Å². The summed E-state index contributed by atoms with van der Waals surface area (Å²) in [6.07, 6.45) is 6.69. The highest BCUT2D eigenvalue weighted by molar-refractivity contribution is 6.76. The number of ether oxygens (including phenoxy) is 4. The minimum Gasteiger partial charge on any atom is -0.394 e. The molecule has 0 aliphatic rings. The lowest BCUT2D eigenvalue weighted by Gasteiger charge is -2.16. The van der Waals surface area contributed by atoms with Crippen LogP contribution in [0.2, 0.25) is 61.4 Å². The van der Waals surface area contributed by atoms with Crippen molar-refractivity contribution in [3.05, 3.63) is 82.4 Å². The monoisotopic (exact) mass is 1090 g/mol. The van der Waals surface area contributed by atoms with Gasteiger partial charge in [0.2, 0.25) is 0 Å². The molecule has 0 unspecified atom stereocenters. The molecule has 0 radical (unpaired) electrons. The van der Waals surface area contributed by atoms with Gasteiger partial charge >= 0.3 is 0 Å². The number of benzene rings is 2. The number of aliphatic hydroxyl groups is 2. The lowest BCUT2D eigenvalue weighted by molar-refractivity contribution is 0.0777. The Kier molecular flexibility index (Phi) is 18.4. The predicted molar refractivity (Wildman–Crippen MR) is 293 cm³/mol. The Morgan fingerprint density at radius 3 is 1.43 bits per heavy atom. The van der Waals surface area contributed by atoms with Gasteiger partial charge in [0.05, 0.1) is 73.1 Å². The molecule has 8 rings (SSSR count). The molecule has 396 valence electrons. The molecule has 6 aromatic heterocycles. The van der Waals surface area contributed by atoms with Crippen molar-refractivity contribution in [1.82, 2.24) is 59.3 Å². The van der Waals surface area contributed by atoms with Crippen molar-refractivity contribution in [2.75, 3.05) is 53.9 Å². The van der Waals surface area contributed by atoms with Gasteiger partial charge in [0, 0.05) is 90.9 Å². The van der Waals surface area contributed by atoms with Gasteiger partial charge in [-0.1, -0.05) is 62.5 Å². The lowest BCUT2D eigenvalue weighted by Crippen LogP contribution is -2.41.